The number of likely N-dealkylation sites (tertiary alicyclic amines) is 2. The summed E-state index contributed by atoms with van der Waals surface area (Å²) in [5.41, 5.74) is 1.24. The Morgan fingerprint density at radius 3 is 2.92 bits per heavy atom. The normalized spacial score (nSPS) is 22.3. The zero-order valence-electron chi connectivity index (χ0n) is 13.8. The number of carbonyl (C=O) groups excluding carboxylic acids is 1. The van der Waals surface area contributed by atoms with Gasteiger partial charge in [-0.25, -0.2) is 0 Å². The van der Waals surface area contributed by atoms with E-state index in [2.05, 4.69) is 16.0 Å². The molecule has 1 amide bonds. The van der Waals surface area contributed by atoms with E-state index in [-0.39, 0.29) is 5.92 Å². The fraction of sp³-hybridized carbons (Fsp3) is 0.474. The highest BCUT2D eigenvalue weighted by Crippen LogP contribution is 2.29. The molecular formula is C19H23N3O2. The summed E-state index contributed by atoms with van der Waals surface area (Å²) in [6, 6.07) is 7.98. The van der Waals surface area contributed by atoms with E-state index in [9.17, 15) is 4.79 Å². The number of aromatic nitrogens is 1. The molecule has 0 aromatic carbocycles. The van der Waals surface area contributed by atoms with Gasteiger partial charge in [0.05, 0.1) is 18.7 Å². The zero-order chi connectivity index (χ0) is 16.4. The number of nitrogens with zero attached hydrogens (tertiary/aromatic N) is 3. The van der Waals surface area contributed by atoms with Crippen molar-refractivity contribution in [1.82, 2.24) is 14.8 Å². The minimum absolute atomic E-state index is 0.128. The zero-order valence-corrected chi connectivity index (χ0v) is 13.8. The van der Waals surface area contributed by atoms with E-state index in [0.717, 1.165) is 51.3 Å². The molecule has 0 aliphatic carbocycles. The van der Waals surface area contributed by atoms with Gasteiger partial charge in [-0.15, -0.1) is 0 Å². The van der Waals surface area contributed by atoms with Gasteiger partial charge < -0.3 is 9.32 Å². The molecule has 2 saturated heterocycles. The van der Waals surface area contributed by atoms with Gasteiger partial charge in [0.25, 0.3) is 0 Å². The van der Waals surface area contributed by atoms with Crippen molar-refractivity contribution in [3.8, 4) is 0 Å². The SMILES string of the molecule is O=C(C1CCCN(Cc2ccco2)C1)N1CC(c2cccnc2)C1. The van der Waals surface area contributed by atoms with Crippen LogP contribution in [0.25, 0.3) is 0 Å². The maximum Gasteiger partial charge on any atom is 0.227 e. The van der Waals surface area contributed by atoms with Crippen molar-refractivity contribution in [2.45, 2.75) is 25.3 Å². The van der Waals surface area contributed by atoms with Gasteiger partial charge in [-0.2, -0.15) is 0 Å². The number of hydrogen-bond acceptors (Lipinski definition) is 4. The molecule has 2 fully saturated rings. The Kier molecular flexibility index (Phi) is 4.34. The third-order valence-electron chi connectivity index (χ3n) is 5.16. The molecule has 4 rings (SSSR count). The fourth-order valence-electron chi connectivity index (χ4n) is 3.77. The molecule has 5 heteroatoms. The molecule has 24 heavy (non-hydrogen) atoms. The maximum atomic E-state index is 12.8. The smallest absolute Gasteiger partial charge is 0.227 e. The van der Waals surface area contributed by atoms with E-state index in [0.29, 0.717) is 11.8 Å². The fourth-order valence-corrected chi connectivity index (χ4v) is 3.77. The largest absolute Gasteiger partial charge is 0.468 e. The predicted molar refractivity (Wildman–Crippen MR) is 90.3 cm³/mol. The van der Waals surface area contributed by atoms with Crippen molar-refractivity contribution in [3.05, 3.63) is 54.2 Å². The average molecular weight is 325 g/mol. The summed E-state index contributed by atoms with van der Waals surface area (Å²) in [6.45, 7) is 4.35. The van der Waals surface area contributed by atoms with E-state index in [1.165, 1.54) is 5.56 Å². The third-order valence-corrected chi connectivity index (χ3v) is 5.16. The van der Waals surface area contributed by atoms with E-state index >= 15 is 0 Å². The number of hydrogen-bond donors (Lipinski definition) is 0. The number of piperidine rings is 1. The Hall–Kier alpha value is -2.14. The lowest BCUT2D eigenvalue weighted by Crippen LogP contribution is -2.53. The van der Waals surface area contributed by atoms with Crippen LogP contribution < -0.4 is 0 Å². The van der Waals surface area contributed by atoms with Crippen LogP contribution in [0.2, 0.25) is 0 Å². The summed E-state index contributed by atoms with van der Waals surface area (Å²) in [5, 5.41) is 0. The highest BCUT2D eigenvalue weighted by Gasteiger charge is 2.36. The molecule has 0 bridgehead atoms. The van der Waals surface area contributed by atoms with E-state index in [1.54, 1.807) is 12.5 Å². The van der Waals surface area contributed by atoms with Gasteiger partial charge in [0, 0.05) is 37.9 Å². The number of furan rings is 1. The van der Waals surface area contributed by atoms with Crippen molar-refractivity contribution in [3.63, 3.8) is 0 Å². The molecule has 0 N–H and O–H groups in total. The van der Waals surface area contributed by atoms with Crippen LogP contribution in [0.5, 0.6) is 0 Å². The molecule has 0 spiro atoms. The maximum absolute atomic E-state index is 12.8. The Labute approximate surface area is 142 Å². The van der Waals surface area contributed by atoms with Gasteiger partial charge >= 0.3 is 0 Å². The van der Waals surface area contributed by atoms with Crippen LogP contribution in [0.3, 0.4) is 0 Å². The molecule has 1 unspecified atom stereocenters. The monoisotopic (exact) mass is 325 g/mol. The predicted octanol–water partition coefficient (Wildman–Crippen LogP) is 2.51. The van der Waals surface area contributed by atoms with E-state index in [4.69, 9.17) is 4.42 Å². The summed E-state index contributed by atoms with van der Waals surface area (Å²) in [5.74, 6) is 1.87. The quantitative estimate of drug-likeness (QED) is 0.867. The number of carbonyl (C=O) groups is 1. The summed E-state index contributed by atoms with van der Waals surface area (Å²) < 4.78 is 5.43. The summed E-state index contributed by atoms with van der Waals surface area (Å²) >= 11 is 0. The minimum atomic E-state index is 0.128. The number of amides is 1. The van der Waals surface area contributed by atoms with Gasteiger partial charge in [0.1, 0.15) is 5.76 Å². The van der Waals surface area contributed by atoms with Crippen LogP contribution in [-0.2, 0) is 11.3 Å². The molecule has 2 aliphatic heterocycles. The first kappa shape index (κ1) is 15.4. The van der Waals surface area contributed by atoms with Crippen molar-refractivity contribution < 1.29 is 9.21 Å². The highest BCUT2D eigenvalue weighted by molar-refractivity contribution is 5.80. The number of rotatable bonds is 4. The lowest BCUT2D eigenvalue weighted by molar-refractivity contribution is -0.142. The van der Waals surface area contributed by atoms with Gasteiger partial charge in [-0.3, -0.25) is 14.7 Å². The average Bonchev–Trinajstić information content (AvgIpc) is 3.08. The summed E-state index contributed by atoms with van der Waals surface area (Å²) in [7, 11) is 0. The standard InChI is InChI=1S/C19H23N3O2/c23-19(22-12-17(13-22)15-4-1-7-20-10-15)16-5-2-8-21(11-16)14-18-6-3-9-24-18/h1,3-4,6-7,9-10,16-17H,2,5,8,11-14H2. The number of pyridine rings is 1. The summed E-state index contributed by atoms with van der Waals surface area (Å²) in [6.07, 6.45) is 7.50. The van der Waals surface area contributed by atoms with Crippen molar-refractivity contribution in [2.75, 3.05) is 26.2 Å². The minimum Gasteiger partial charge on any atom is -0.468 e. The van der Waals surface area contributed by atoms with Gasteiger partial charge in [-0.1, -0.05) is 6.07 Å². The Bertz CT molecular complexity index is 665. The van der Waals surface area contributed by atoms with E-state index < -0.39 is 0 Å². The van der Waals surface area contributed by atoms with Crippen LogP contribution >= 0.6 is 0 Å². The van der Waals surface area contributed by atoms with Crippen molar-refractivity contribution in [2.24, 2.45) is 5.92 Å². The molecule has 0 saturated carbocycles. The topological polar surface area (TPSA) is 49.6 Å². The Morgan fingerprint density at radius 1 is 1.25 bits per heavy atom. The second kappa shape index (κ2) is 6.77. The molecule has 2 aromatic rings. The van der Waals surface area contributed by atoms with Gasteiger partial charge in [-0.05, 0) is 43.1 Å². The molecule has 126 valence electrons. The van der Waals surface area contributed by atoms with Crippen LogP contribution in [0, 0.1) is 5.92 Å². The molecule has 1 atom stereocenters. The molecule has 4 heterocycles. The first-order valence-electron chi connectivity index (χ1n) is 8.73. The van der Waals surface area contributed by atoms with Crippen molar-refractivity contribution >= 4 is 5.91 Å². The molecule has 2 aliphatic rings. The van der Waals surface area contributed by atoms with Crippen LogP contribution in [-0.4, -0.2) is 46.9 Å². The van der Waals surface area contributed by atoms with Gasteiger partial charge in [0.2, 0.25) is 5.91 Å². The second-order valence-corrected chi connectivity index (χ2v) is 6.88. The van der Waals surface area contributed by atoms with Gasteiger partial charge in [0.15, 0.2) is 0 Å². The van der Waals surface area contributed by atoms with Crippen LogP contribution in [0.1, 0.15) is 30.1 Å². The highest BCUT2D eigenvalue weighted by atomic mass is 16.3. The van der Waals surface area contributed by atoms with E-state index in [1.807, 2.05) is 29.3 Å². The molecular weight excluding hydrogens is 302 g/mol. The van der Waals surface area contributed by atoms with Crippen LogP contribution in [0.4, 0.5) is 0 Å². The van der Waals surface area contributed by atoms with Crippen LogP contribution in [0.15, 0.2) is 47.3 Å². The Balaban J connectivity index is 1.30. The second-order valence-electron chi connectivity index (χ2n) is 6.88. The molecule has 2 aromatic heterocycles. The molecule has 5 nitrogen and oxygen atoms in total. The third kappa shape index (κ3) is 3.22. The Morgan fingerprint density at radius 2 is 2.17 bits per heavy atom. The first-order chi connectivity index (χ1) is 11.8. The van der Waals surface area contributed by atoms with Crippen molar-refractivity contribution in [1.29, 1.82) is 0 Å². The molecule has 0 radical (unpaired) electrons. The first-order valence-corrected chi connectivity index (χ1v) is 8.73. The summed E-state index contributed by atoms with van der Waals surface area (Å²) in [4.78, 5) is 21.3. The lowest BCUT2D eigenvalue weighted by Gasteiger charge is -2.43. The lowest BCUT2D eigenvalue weighted by atomic mass is 9.89.